The Morgan fingerprint density at radius 3 is 2.75 bits per heavy atom. The first kappa shape index (κ1) is 12.2. The van der Waals surface area contributed by atoms with Crippen LogP contribution in [0.15, 0.2) is 0 Å². The van der Waals surface area contributed by atoms with E-state index in [-0.39, 0.29) is 12.6 Å². The summed E-state index contributed by atoms with van der Waals surface area (Å²) >= 11 is 5.48. The summed E-state index contributed by atoms with van der Waals surface area (Å²) in [6.07, 6.45) is -0.831. The zero-order valence-electron chi connectivity index (χ0n) is 9.49. The summed E-state index contributed by atoms with van der Waals surface area (Å²) in [5, 5.41) is 11.6. The third-order valence-electron chi connectivity index (χ3n) is 2.99. The van der Waals surface area contributed by atoms with Gasteiger partial charge in [0.25, 0.3) is 0 Å². The number of halogens is 1. The van der Waals surface area contributed by atoms with E-state index < -0.39 is 23.6 Å². The monoisotopic (exact) mass is 244 g/mol. The van der Waals surface area contributed by atoms with Gasteiger partial charge in [0.05, 0.1) is 12.6 Å². The number of fused-ring (bicyclic) bond motifs is 1. The van der Waals surface area contributed by atoms with Gasteiger partial charge in [0, 0.05) is 5.38 Å². The Hall–Kier alpha value is -0.245. The fourth-order valence-electron chi connectivity index (χ4n) is 2.39. The topological polar surface area (TPSA) is 47.9 Å². The van der Waals surface area contributed by atoms with Crippen LogP contribution in [-0.2, 0) is 14.2 Å². The highest BCUT2D eigenvalue weighted by atomic mass is 35.5. The molecule has 0 bridgehead atoms. The maximum Gasteiger partial charge on any atom is 0.179 e. The van der Waals surface area contributed by atoms with E-state index in [1.54, 1.807) is 0 Å². The van der Waals surface area contributed by atoms with E-state index in [9.17, 15) is 5.11 Å². The molecule has 1 N–H and O–H groups in total. The van der Waals surface area contributed by atoms with Gasteiger partial charge in [-0.25, -0.2) is 0 Å². The second kappa shape index (κ2) is 3.90. The van der Waals surface area contributed by atoms with Crippen LogP contribution in [0.2, 0.25) is 0 Å². The van der Waals surface area contributed by atoms with Gasteiger partial charge in [0.15, 0.2) is 11.4 Å². The lowest BCUT2D eigenvalue weighted by atomic mass is 9.81. The minimum Gasteiger partial charge on any atom is -0.394 e. The third-order valence-corrected chi connectivity index (χ3v) is 3.09. The molecular weight excluding hydrogens is 230 g/mol. The van der Waals surface area contributed by atoms with Crippen LogP contribution in [0.25, 0.3) is 0 Å². The summed E-state index contributed by atoms with van der Waals surface area (Å²) in [7, 11) is 1.84. The highest BCUT2D eigenvalue weighted by Crippen LogP contribution is 2.45. The van der Waals surface area contributed by atoms with Crippen molar-refractivity contribution in [3.8, 4) is 11.3 Å². The molecule has 2 fully saturated rings. The van der Waals surface area contributed by atoms with Crippen LogP contribution < -0.4 is 0 Å². The van der Waals surface area contributed by atoms with Gasteiger partial charge in [0.1, 0.15) is 20.1 Å². The molecule has 0 aromatic carbocycles. The van der Waals surface area contributed by atoms with Crippen molar-refractivity contribution in [3.63, 3.8) is 0 Å². The largest absolute Gasteiger partial charge is 0.394 e. The van der Waals surface area contributed by atoms with E-state index in [0.29, 0.717) is 0 Å². The minimum atomic E-state index is -0.876. The maximum absolute atomic E-state index is 9.24. The SMILES string of the molecule is B[C@@H]1O[C@H](CO)C2OC(C)(C)O[C@]21C#CCl. The quantitative estimate of drug-likeness (QED) is 0.496. The second-order valence-corrected chi connectivity index (χ2v) is 4.74. The molecule has 4 nitrogen and oxygen atoms in total. The number of rotatable bonds is 1. The van der Waals surface area contributed by atoms with Crippen molar-refractivity contribution in [3.05, 3.63) is 0 Å². The molecule has 2 rings (SSSR count). The highest BCUT2D eigenvalue weighted by Gasteiger charge is 2.63. The molecule has 4 atom stereocenters. The Morgan fingerprint density at radius 2 is 2.19 bits per heavy atom. The first-order valence-electron chi connectivity index (χ1n) is 5.22. The van der Waals surface area contributed by atoms with Gasteiger partial charge >= 0.3 is 0 Å². The number of ether oxygens (including phenoxy) is 3. The van der Waals surface area contributed by atoms with Crippen LogP contribution in [0.5, 0.6) is 0 Å². The lowest BCUT2D eigenvalue weighted by molar-refractivity contribution is -0.189. The van der Waals surface area contributed by atoms with Crippen LogP contribution in [0.4, 0.5) is 0 Å². The molecule has 0 amide bonds. The minimum absolute atomic E-state index is 0.125. The summed E-state index contributed by atoms with van der Waals surface area (Å²) in [6, 6.07) is -0.289. The molecule has 16 heavy (non-hydrogen) atoms. The summed E-state index contributed by atoms with van der Waals surface area (Å²) < 4.78 is 17.1. The van der Waals surface area contributed by atoms with Crippen molar-refractivity contribution in [2.24, 2.45) is 0 Å². The molecule has 6 heteroatoms. The van der Waals surface area contributed by atoms with Gasteiger partial charge in [-0.3, -0.25) is 0 Å². The van der Waals surface area contributed by atoms with E-state index >= 15 is 0 Å². The Labute approximate surface area is 101 Å². The third kappa shape index (κ3) is 1.66. The van der Waals surface area contributed by atoms with Crippen molar-refractivity contribution in [1.82, 2.24) is 0 Å². The van der Waals surface area contributed by atoms with Crippen LogP contribution in [0, 0.1) is 11.3 Å². The van der Waals surface area contributed by atoms with Crippen molar-refractivity contribution in [2.75, 3.05) is 6.61 Å². The molecular formula is C10H14BClO4. The lowest BCUT2D eigenvalue weighted by Crippen LogP contribution is -2.46. The van der Waals surface area contributed by atoms with E-state index in [1.165, 1.54) is 0 Å². The van der Waals surface area contributed by atoms with Crippen LogP contribution in [0.3, 0.4) is 0 Å². The molecule has 2 saturated heterocycles. The summed E-state index contributed by atoms with van der Waals surface area (Å²) in [6.45, 7) is 3.49. The Balaban J connectivity index is 2.38. The number of aliphatic hydroxyl groups is 1. The number of hydrogen-bond donors (Lipinski definition) is 1. The molecule has 0 saturated carbocycles. The first-order valence-corrected chi connectivity index (χ1v) is 5.60. The van der Waals surface area contributed by atoms with Crippen LogP contribution >= 0.6 is 11.6 Å². The van der Waals surface area contributed by atoms with E-state index in [2.05, 4.69) is 11.3 Å². The van der Waals surface area contributed by atoms with Gasteiger partial charge in [0.2, 0.25) is 0 Å². The Bertz CT molecular complexity index is 350. The van der Waals surface area contributed by atoms with Crippen molar-refractivity contribution < 1.29 is 19.3 Å². The second-order valence-electron chi connectivity index (χ2n) is 4.55. The van der Waals surface area contributed by atoms with Gasteiger partial charge in [-0.2, -0.15) is 0 Å². The smallest absolute Gasteiger partial charge is 0.179 e. The molecule has 0 aromatic heterocycles. The van der Waals surface area contributed by atoms with Crippen molar-refractivity contribution in [2.45, 2.75) is 43.4 Å². The molecule has 2 aliphatic rings. The van der Waals surface area contributed by atoms with Gasteiger partial charge in [-0.1, -0.05) is 0 Å². The summed E-state index contributed by atoms with van der Waals surface area (Å²) in [5.41, 5.74) is -0.876. The summed E-state index contributed by atoms with van der Waals surface area (Å²) in [4.78, 5) is 0. The van der Waals surface area contributed by atoms with Crippen LogP contribution in [-0.4, -0.2) is 49.2 Å². The standard InChI is InChI=1S/C10H14BClO4/c1-9(2)15-7-6(5-13)14-8(11)10(7,16-9)3-4-12/h6-8,13H,5,11H2,1-2H3/t6-,7?,8-,10-/m1/s1. The molecule has 0 aromatic rings. The average molecular weight is 244 g/mol. The molecule has 2 aliphatic heterocycles. The zero-order chi connectivity index (χ0) is 12.0. The summed E-state index contributed by atoms with van der Waals surface area (Å²) in [5.74, 6) is 2.08. The number of hydrogen-bond acceptors (Lipinski definition) is 4. The highest BCUT2D eigenvalue weighted by molar-refractivity contribution is 6.30. The van der Waals surface area contributed by atoms with Crippen molar-refractivity contribution >= 4 is 19.4 Å². The fourth-order valence-corrected chi connectivity index (χ4v) is 2.54. The maximum atomic E-state index is 9.24. The zero-order valence-corrected chi connectivity index (χ0v) is 10.2. The molecule has 2 heterocycles. The van der Waals surface area contributed by atoms with Gasteiger partial charge in [-0.15, -0.1) is 0 Å². The molecule has 88 valence electrons. The van der Waals surface area contributed by atoms with Crippen LogP contribution in [0.1, 0.15) is 13.8 Å². The fraction of sp³-hybridized carbons (Fsp3) is 0.800. The van der Waals surface area contributed by atoms with Gasteiger partial charge < -0.3 is 19.3 Å². The van der Waals surface area contributed by atoms with E-state index in [4.69, 9.17) is 25.8 Å². The van der Waals surface area contributed by atoms with Crippen molar-refractivity contribution in [1.29, 1.82) is 0 Å². The predicted octanol–water partition coefficient (Wildman–Crippen LogP) is -0.573. The molecule has 0 spiro atoms. The van der Waals surface area contributed by atoms with E-state index in [0.717, 1.165) is 0 Å². The number of aliphatic hydroxyl groups excluding tert-OH is 1. The Kier molecular flexibility index (Phi) is 2.98. The van der Waals surface area contributed by atoms with E-state index in [1.807, 2.05) is 21.7 Å². The molecule has 1 unspecified atom stereocenters. The molecule has 0 aliphatic carbocycles. The normalized spacial score (nSPS) is 44.9. The Morgan fingerprint density at radius 1 is 1.50 bits per heavy atom. The lowest BCUT2D eigenvalue weighted by Gasteiger charge is -2.26. The predicted molar refractivity (Wildman–Crippen MR) is 60.7 cm³/mol. The molecule has 0 radical (unpaired) electrons. The first-order chi connectivity index (χ1) is 7.45. The van der Waals surface area contributed by atoms with Gasteiger partial charge in [-0.05, 0) is 31.4 Å². The average Bonchev–Trinajstić information content (AvgIpc) is 2.58.